The fourth-order valence-corrected chi connectivity index (χ4v) is 1.91. The van der Waals surface area contributed by atoms with E-state index in [4.69, 9.17) is 5.84 Å². The van der Waals surface area contributed by atoms with Gasteiger partial charge < -0.3 is 0 Å². The van der Waals surface area contributed by atoms with Crippen LogP contribution in [0.1, 0.15) is 24.9 Å². The SMILES string of the molecule is C=C(C)CC(NN)c1cc(F)ccc1Br. The lowest BCUT2D eigenvalue weighted by molar-refractivity contribution is 0.541. The zero-order valence-electron chi connectivity index (χ0n) is 8.56. The summed E-state index contributed by atoms with van der Waals surface area (Å²) in [5.74, 6) is 5.17. The van der Waals surface area contributed by atoms with Crippen molar-refractivity contribution in [3.05, 3.63) is 46.2 Å². The Labute approximate surface area is 97.5 Å². The number of halogens is 2. The third-order valence-corrected chi connectivity index (χ3v) is 2.81. The van der Waals surface area contributed by atoms with Crippen molar-refractivity contribution in [3.63, 3.8) is 0 Å². The Hall–Kier alpha value is -0.710. The highest BCUT2D eigenvalue weighted by molar-refractivity contribution is 9.10. The summed E-state index contributed by atoms with van der Waals surface area (Å²) in [6.45, 7) is 5.73. The first-order valence-electron chi connectivity index (χ1n) is 4.60. The van der Waals surface area contributed by atoms with Crippen molar-refractivity contribution in [2.45, 2.75) is 19.4 Å². The maximum absolute atomic E-state index is 13.1. The number of rotatable bonds is 4. The largest absolute Gasteiger partial charge is 0.271 e. The molecule has 4 heteroatoms. The Kier molecular flexibility index (Phi) is 4.45. The van der Waals surface area contributed by atoms with Crippen LogP contribution in [0.15, 0.2) is 34.8 Å². The molecule has 1 aromatic rings. The van der Waals surface area contributed by atoms with Crippen molar-refractivity contribution in [1.82, 2.24) is 5.43 Å². The number of nitrogens with two attached hydrogens (primary N) is 1. The highest BCUT2D eigenvalue weighted by Gasteiger charge is 2.13. The van der Waals surface area contributed by atoms with Gasteiger partial charge in [0.05, 0.1) is 6.04 Å². The van der Waals surface area contributed by atoms with Crippen molar-refractivity contribution in [2.24, 2.45) is 5.84 Å². The Morgan fingerprint density at radius 1 is 1.67 bits per heavy atom. The third kappa shape index (κ3) is 3.41. The Morgan fingerprint density at radius 2 is 2.33 bits per heavy atom. The van der Waals surface area contributed by atoms with Crippen LogP contribution in [0.3, 0.4) is 0 Å². The number of benzene rings is 1. The highest BCUT2D eigenvalue weighted by atomic mass is 79.9. The molecule has 0 radical (unpaired) electrons. The van der Waals surface area contributed by atoms with Gasteiger partial charge in [-0.05, 0) is 37.1 Å². The zero-order chi connectivity index (χ0) is 11.4. The second kappa shape index (κ2) is 5.39. The maximum Gasteiger partial charge on any atom is 0.123 e. The standard InChI is InChI=1S/C11H14BrFN2/c1-7(2)5-11(15-14)9-6-8(13)3-4-10(9)12/h3-4,6,11,15H,1,5,14H2,2H3. The lowest BCUT2D eigenvalue weighted by atomic mass is 10.0. The van der Waals surface area contributed by atoms with E-state index in [1.807, 2.05) is 6.92 Å². The molecule has 0 bridgehead atoms. The van der Waals surface area contributed by atoms with E-state index in [0.29, 0.717) is 6.42 Å². The molecule has 0 spiro atoms. The molecular formula is C11H14BrFN2. The first-order valence-corrected chi connectivity index (χ1v) is 5.39. The lowest BCUT2D eigenvalue weighted by Gasteiger charge is -2.17. The molecule has 0 aliphatic heterocycles. The average Bonchev–Trinajstić information content (AvgIpc) is 2.18. The molecule has 1 aromatic carbocycles. The average molecular weight is 273 g/mol. The van der Waals surface area contributed by atoms with Gasteiger partial charge >= 0.3 is 0 Å². The summed E-state index contributed by atoms with van der Waals surface area (Å²) >= 11 is 3.37. The van der Waals surface area contributed by atoms with E-state index in [1.54, 1.807) is 6.07 Å². The number of nitrogens with one attached hydrogen (secondary N) is 1. The molecule has 0 aliphatic rings. The summed E-state index contributed by atoms with van der Waals surface area (Å²) < 4.78 is 13.9. The topological polar surface area (TPSA) is 38.0 Å². The van der Waals surface area contributed by atoms with E-state index < -0.39 is 0 Å². The van der Waals surface area contributed by atoms with Gasteiger partial charge in [-0.25, -0.2) is 4.39 Å². The third-order valence-electron chi connectivity index (χ3n) is 2.09. The van der Waals surface area contributed by atoms with Gasteiger partial charge in [-0.3, -0.25) is 11.3 Å². The van der Waals surface area contributed by atoms with Gasteiger partial charge in [0.1, 0.15) is 5.82 Å². The second-order valence-corrected chi connectivity index (χ2v) is 4.40. The Morgan fingerprint density at radius 3 is 2.87 bits per heavy atom. The van der Waals surface area contributed by atoms with E-state index in [9.17, 15) is 4.39 Å². The molecule has 0 heterocycles. The Balaban J connectivity index is 3.00. The molecule has 1 atom stereocenters. The van der Waals surface area contributed by atoms with Gasteiger partial charge in [0, 0.05) is 4.47 Å². The molecule has 0 fully saturated rings. The van der Waals surface area contributed by atoms with Crippen molar-refractivity contribution in [3.8, 4) is 0 Å². The summed E-state index contributed by atoms with van der Waals surface area (Å²) in [6.07, 6.45) is 0.679. The van der Waals surface area contributed by atoms with E-state index in [-0.39, 0.29) is 11.9 Å². The van der Waals surface area contributed by atoms with E-state index in [2.05, 4.69) is 27.9 Å². The summed E-state index contributed by atoms with van der Waals surface area (Å²) in [5.41, 5.74) is 4.46. The minimum Gasteiger partial charge on any atom is -0.271 e. The van der Waals surface area contributed by atoms with Crippen LogP contribution >= 0.6 is 15.9 Å². The maximum atomic E-state index is 13.1. The van der Waals surface area contributed by atoms with E-state index in [0.717, 1.165) is 15.6 Å². The molecule has 0 saturated carbocycles. The summed E-state index contributed by atoms with van der Waals surface area (Å²) in [4.78, 5) is 0. The van der Waals surface area contributed by atoms with E-state index in [1.165, 1.54) is 12.1 Å². The van der Waals surface area contributed by atoms with Crippen molar-refractivity contribution < 1.29 is 4.39 Å². The minimum atomic E-state index is -0.268. The second-order valence-electron chi connectivity index (χ2n) is 3.55. The molecule has 0 saturated heterocycles. The van der Waals surface area contributed by atoms with Crippen LogP contribution in [0.25, 0.3) is 0 Å². The van der Waals surface area contributed by atoms with E-state index >= 15 is 0 Å². The van der Waals surface area contributed by atoms with Crippen LogP contribution in [0, 0.1) is 5.82 Å². The fraction of sp³-hybridized carbons (Fsp3) is 0.273. The molecular weight excluding hydrogens is 259 g/mol. The fourth-order valence-electron chi connectivity index (χ4n) is 1.39. The molecule has 0 aromatic heterocycles. The van der Waals surface area contributed by atoms with Crippen LogP contribution in [0.5, 0.6) is 0 Å². The summed E-state index contributed by atoms with van der Waals surface area (Å²) in [6, 6.07) is 4.43. The molecule has 2 nitrogen and oxygen atoms in total. The van der Waals surface area contributed by atoms with Crippen LogP contribution in [-0.4, -0.2) is 0 Å². The van der Waals surface area contributed by atoms with Crippen molar-refractivity contribution in [1.29, 1.82) is 0 Å². The van der Waals surface area contributed by atoms with Gasteiger partial charge in [0.15, 0.2) is 0 Å². The van der Waals surface area contributed by atoms with Crippen LogP contribution in [0.2, 0.25) is 0 Å². The van der Waals surface area contributed by atoms with Gasteiger partial charge in [-0.1, -0.05) is 21.5 Å². The van der Waals surface area contributed by atoms with Crippen LogP contribution in [0.4, 0.5) is 4.39 Å². The molecule has 1 rings (SSSR count). The zero-order valence-corrected chi connectivity index (χ0v) is 10.1. The quantitative estimate of drug-likeness (QED) is 0.502. The first kappa shape index (κ1) is 12.4. The molecule has 15 heavy (non-hydrogen) atoms. The molecule has 1 unspecified atom stereocenters. The number of hydrogen-bond acceptors (Lipinski definition) is 2. The molecule has 0 aliphatic carbocycles. The molecule has 3 N–H and O–H groups in total. The predicted octanol–water partition coefficient (Wildman–Crippen LogP) is 3.06. The molecule has 82 valence electrons. The smallest absolute Gasteiger partial charge is 0.123 e. The van der Waals surface area contributed by atoms with Crippen molar-refractivity contribution in [2.75, 3.05) is 0 Å². The van der Waals surface area contributed by atoms with Crippen LogP contribution < -0.4 is 11.3 Å². The minimum absolute atomic E-state index is 0.118. The summed E-state index contributed by atoms with van der Waals surface area (Å²) in [5, 5.41) is 0. The lowest BCUT2D eigenvalue weighted by Crippen LogP contribution is -2.28. The highest BCUT2D eigenvalue weighted by Crippen LogP contribution is 2.27. The van der Waals surface area contributed by atoms with Gasteiger partial charge in [-0.2, -0.15) is 0 Å². The predicted molar refractivity (Wildman–Crippen MR) is 63.6 cm³/mol. The van der Waals surface area contributed by atoms with Gasteiger partial charge in [0.2, 0.25) is 0 Å². The first-order chi connectivity index (χ1) is 7.04. The molecule has 0 amide bonds. The Bertz CT molecular complexity index is 366. The monoisotopic (exact) mass is 272 g/mol. The number of hydrazine groups is 1. The normalized spacial score (nSPS) is 12.5. The van der Waals surface area contributed by atoms with Crippen molar-refractivity contribution >= 4 is 15.9 Å². The number of hydrogen-bond donors (Lipinski definition) is 2. The summed E-state index contributed by atoms with van der Waals surface area (Å²) in [7, 11) is 0. The van der Waals surface area contributed by atoms with Gasteiger partial charge in [-0.15, -0.1) is 6.58 Å². The van der Waals surface area contributed by atoms with Crippen LogP contribution in [-0.2, 0) is 0 Å². The van der Waals surface area contributed by atoms with Gasteiger partial charge in [0.25, 0.3) is 0 Å².